The summed E-state index contributed by atoms with van der Waals surface area (Å²) in [7, 11) is 0. The maximum atomic E-state index is 11.0. The first-order chi connectivity index (χ1) is 7.62. The fraction of sp³-hybridized carbons (Fsp3) is 0.923. The van der Waals surface area contributed by atoms with E-state index < -0.39 is 11.7 Å². The van der Waals surface area contributed by atoms with Crippen molar-refractivity contribution in [3.63, 3.8) is 0 Å². The Morgan fingerprint density at radius 1 is 1.41 bits per heavy atom. The highest BCUT2D eigenvalue weighted by atomic mass is 16.6. The first-order valence-corrected chi connectivity index (χ1v) is 6.30. The molecule has 1 fully saturated rings. The van der Waals surface area contributed by atoms with Gasteiger partial charge in [-0.05, 0) is 43.9 Å². The molecule has 4 nitrogen and oxygen atoms in total. The molecule has 0 aromatic carbocycles. The fourth-order valence-corrected chi connectivity index (χ4v) is 2.67. The summed E-state index contributed by atoms with van der Waals surface area (Å²) in [6.45, 7) is 8.01. The molecule has 0 saturated heterocycles. The number of hydrogen-bond acceptors (Lipinski definition) is 3. The van der Waals surface area contributed by atoms with Crippen molar-refractivity contribution in [3.05, 3.63) is 0 Å². The zero-order valence-corrected chi connectivity index (χ0v) is 11.3. The molecular formula is C13H25NO3. The van der Waals surface area contributed by atoms with Crippen LogP contribution in [0.5, 0.6) is 0 Å². The van der Waals surface area contributed by atoms with Crippen molar-refractivity contribution < 1.29 is 14.6 Å². The van der Waals surface area contributed by atoms with Gasteiger partial charge in [0.25, 0.3) is 0 Å². The lowest BCUT2D eigenvalue weighted by Gasteiger charge is -2.41. The first-order valence-electron chi connectivity index (χ1n) is 6.30. The lowest BCUT2D eigenvalue weighted by atomic mass is 9.71. The Balaban J connectivity index is 2.69. The molecule has 3 N–H and O–H groups in total. The van der Waals surface area contributed by atoms with Crippen LogP contribution in [0.4, 0.5) is 4.79 Å². The molecule has 0 spiro atoms. The van der Waals surface area contributed by atoms with E-state index in [-0.39, 0.29) is 11.5 Å². The van der Waals surface area contributed by atoms with Crippen LogP contribution in [0.15, 0.2) is 0 Å². The van der Waals surface area contributed by atoms with Gasteiger partial charge >= 0.3 is 6.09 Å². The number of carbonyl (C=O) groups is 1. The molecule has 1 aliphatic rings. The Morgan fingerprint density at radius 3 is 2.24 bits per heavy atom. The van der Waals surface area contributed by atoms with Gasteiger partial charge in [0.05, 0.1) is 5.60 Å². The Bertz CT molecular complexity index is 271. The minimum atomic E-state index is -0.706. The number of hydrogen-bond donors (Lipinski definition) is 2. The van der Waals surface area contributed by atoms with E-state index in [1.807, 2.05) is 27.7 Å². The summed E-state index contributed by atoms with van der Waals surface area (Å²) in [5.41, 5.74) is 4.45. The number of primary amides is 1. The summed E-state index contributed by atoms with van der Waals surface area (Å²) in [5.74, 6) is 0.294. The predicted molar refractivity (Wildman–Crippen MR) is 66.5 cm³/mol. The average molecular weight is 243 g/mol. The Morgan fingerprint density at radius 2 is 1.88 bits per heavy atom. The van der Waals surface area contributed by atoms with E-state index in [1.165, 1.54) is 0 Å². The lowest BCUT2D eigenvalue weighted by molar-refractivity contribution is -0.0529. The van der Waals surface area contributed by atoms with Crippen molar-refractivity contribution in [1.82, 2.24) is 0 Å². The van der Waals surface area contributed by atoms with Crippen molar-refractivity contribution in [1.29, 1.82) is 0 Å². The Hall–Kier alpha value is -0.770. The molecule has 1 amide bonds. The van der Waals surface area contributed by atoms with Gasteiger partial charge in [-0.1, -0.05) is 20.8 Å². The highest BCUT2D eigenvalue weighted by Gasteiger charge is 2.39. The van der Waals surface area contributed by atoms with Crippen LogP contribution in [-0.4, -0.2) is 22.9 Å². The van der Waals surface area contributed by atoms with Crippen molar-refractivity contribution in [2.75, 3.05) is 0 Å². The van der Waals surface area contributed by atoms with E-state index in [4.69, 9.17) is 10.5 Å². The molecule has 4 heteroatoms. The largest absolute Gasteiger partial charge is 0.446 e. The third kappa shape index (κ3) is 4.19. The Labute approximate surface area is 104 Å². The SMILES string of the molecule is CC1(O)CCC(C(OC(N)=O)C(C)(C)C)CC1. The van der Waals surface area contributed by atoms with Crippen molar-refractivity contribution in [2.45, 2.75) is 65.1 Å². The smallest absolute Gasteiger partial charge is 0.404 e. The van der Waals surface area contributed by atoms with Crippen molar-refractivity contribution in [3.8, 4) is 0 Å². The van der Waals surface area contributed by atoms with Gasteiger partial charge in [-0.15, -0.1) is 0 Å². The zero-order chi connectivity index (χ0) is 13.3. The van der Waals surface area contributed by atoms with Gasteiger partial charge in [0, 0.05) is 0 Å². The van der Waals surface area contributed by atoms with Crippen LogP contribution in [0.3, 0.4) is 0 Å². The number of rotatable bonds is 2. The van der Waals surface area contributed by atoms with Gasteiger partial charge in [-0.2, -0.15) is 0 Å². The molecule has 1 rings (SSSR count). The van der Waals surface area contributed by atoms with Crippen LogP contribution in [0, 0.1) is 11.3 Å². The van der Waals surface area contributed by atoms with Gasteiger partial charge in [0.2, 0.25) is 0 Å². The zero-order valence-electron chi connectivity index (χ0n) is 11.3. The number of nitrogens with two attached hydrogens (primary N) is 1. The molecule has 0 aliphatic heterocycles. The van der Waals surface area contributed by atoms with E-state index in [0.717, 1.165) is 25.7 Å². The van der Waals surface area contributed by atoms with Crippen molar-refractivity contribution >= 4 is 6.09 Å². The highest BCUT2D eigenvalue weighted by Crippen LogP contribution is 2.39. The fourth-order valence-electron chi connectivity index (χ4n) is 2.67. The molecule has 0 aromatic rings. The third-order valence-electron chi connectivity index (χ3n) is 3.63. The monoisotopic (exact) mass is 243 g/mol. The molecule has 0 radical (unpaired) electrons. The number of amides is 1. The molecule has 1 saturated carbocycles. The van der Waals surface area contributed by atoms with Gasteiger partial charge in [-0.3, -0.25) is 0 Å². The lowest BCUT2D eigenvalue weighted by Crippen LogP contribution is -2.43. The molecular weight excluding hydrogens is 218 g/mol. The summed E-state index contributed by atoms with van der Waals surface area (Å²) in [6, 6.07) is 0. The summed E-state index contributed by atoms with van der Waals surface area (Å²) in [4.78, 5) is 11.0. The molecule has 100 valence electrons. The van der Waals surface area contributed by atoms with Gasteiger partial charge < -0.3 is 15.6 Å². The topological polar surface area (TPSA) is 72.6 Å². The predicted octanol–water partition coefficient (Wildman–Crippen LogP) is 2.44. The van der Waals surface area contributed by atoms with Crippen LogP contribution in [0.2, 0.25) is 0 Å². The van der Waals surface area contributed by atoms with E-state index in [0.29, 0.717) is 5.92 Å². The number of ether oxygens (including phenoxy) is 1. The number of carbonyl (C=O) groups excluding carboxylic acids is 1. The second-order valence-corrected chi connectivity index (χ2v) is 6.56. The standard InChI is InChI=1S/C13H25NO3/c1-12(2,3)10(17-11(14)15)9-5-7-13(4,16)8-6-9/h9-10,16H,5-8H2,1-4H3,(H2,14,15). The van der Waals surface area contributed by atoms with E-state index in [2.05, 4.69) is 0 Å². The summed E-state index contributed by atoms with van der Waals surface area (Å²) < 4.78 is 5.28. The molecule has 0 heterocycles. The summed E-state index contributed by atoms with van der Waals surface area (Å²) in [6.07, 6.45) is 2.39. The van der Waals surface area contributed by atoms with Crippen LogP contribution in [0.25, 0.3) is 0 Å². The van der Waals surface area contributed by atoms with Crippen LogP contribution < -0.4 is 5.73 Å². The van der Waals surface area contributed by atoms with Gasteiger partial charge in [0.1, 0.15) is 6.10 Å². The van der Waals surface area contributed by atoms with Crippen LogP contribution >= 0.6 is 0 Å². The minimum absolute atomic E-state index is 0.122. The second kappa shape index (κ2) is 4.84. The van der Waals surface area contributed by atoms with E-state index in [1.54, 1.807) is 0 Å². The maximum absolute atomic E-state index is 11.0. The van der Waals surface area contributed by atoms with E-state index >= 15 is 0 Å². The maximum Gasteiger partial charge on any atom is 0.404 e. The molecule has 0 aromatic heterocycles. The van der Waals surface area contributed by atoms with Crippen molar-refractivity contribution in [2.24, 2.45) is 17.1 Å². The van der Waals surface area contributed by atoms with Gasteiger partial charge in [0.15, 0.2) is 0 Å². The first kappa shape index (κ1) is 14.3. The highest BCUT2D eigenvalue weighted by molar-refractivity contribution is 5.64. The van der Waals surface area contributed by atoms with Gasteiger partial charge in [-0.25, -0.2) is 4.79 Å². The third-order valence-corrected chi connectivity index (χ3v) is 3.63. The molecule has 1 aliphatic carbocycles. The minimum Gasteiger partial charge on any atom is -0.446 e. The molecule has 1 unspecified atom stereocenters. The molecule has 17 heavy (non-hydrogen) atoms. The van der Waals surface area contributed by atoms with Crippen LogP contribution in [0.1, 0.15) is 53.4 Å². The number of aliphatic hydroxyl groups is 1. The summed E-state index contributed by atoms with van der Waals surface area (Å²) in [5, 5.41) is 9.93. The molecule has 0 bridgehead atoms. The van der Waals surface area contributed by atoms with E-state index in [9.17, 15) is 9.90 Å². The quantitative estimate of drug-likeness (QED) is 0.782. The molecule has 1 atom stereocenters. The normalized spacial score (nSPS) is 31.9. The second-order valence-electron chi connectivity index (χ2n) is 6.56. The van der Waals surface area contributed by atoms with Crippen LogP contribution in [-0.2, 0) is 4.74 Å². The average Bonchev–Trinajstić information content (AvgIpc) is 2.13. The summed E-state index contributed by atoms with van der Waals surface area (Å²) >= 11 is 0. The Kier molecular flexibility index (Phi) is 4.07.